The second-order valence-electron chi connectivity index (χ2n) is 4.36. The average Bonchev–Trinajstić information content (AvgIpc) is 2.35. The Hall–Kier alpha value is -0.200. The number of ether oxygens (including phenoxy) is 3. The lowest BCUT2D eigenvalue weighted by Gasteiger charge is -2.26. The minimum absolute atomic E-state index is 0.0624. The van der Waals surface area contributed by atoms with Gasteiger partial charge in [0.25, 0.3) is 0 Å². The van der Waals surface area contributed by atoms with E-state index in [0.29, 0.717) is 45.2 Å². The molecule has 0 aromatic carbocycles. The van der Waals surface area contributed by atoms with Gasteiger partial charge in [0, 0.05) is 6.04 Å². The fraction of sp³-hybridized carbons (Fsp3) is 1.00. The molecule has 0 spiro atoms. The van der Waals surface area contributed by atoms with E-state index in [0.717, 1.165) is 25.7 Å². The van der Waals surface area contributed by atoms with Crippen molar-refractivity contribution in [3.05, 3.63) is 0 Å². The van der Waals surface area contributed by atoms with Crippen LogP contribution in [0, 0.1) is 0 Å². The number of nitrogens with two attached hydrogens (primary N) is 1. The fourth-order valence-corrected chi connectivity index (χ4v) is 1.92. The number of rotatable bonds is 9. The predicted octanol–water partition coefficient (Wildman–Crippen LogP) is 0.298. The van der Waals surface area contributed by atoms with Crippen molar-refractivity contribution in [1.82, 2.24) is 0 Å². The van der Waals surface area contributed by atoms with Crippen molar-refractivity contribution in [3.63, 3.8) is 0 Å². The number of aliphatic hydroxyl groups is 1. The molecule has 0 amide bonds. The molecule has 102 valence electrons. The highest BCUT2D eigenvalue weighted by molar-refractivity contribution is 4.74. The van der Waals surface area contributed by atoms with E-state index in [1.54, 1.807) is 0 Å². The van der Waals surface area contributed by atoms with E-state index >= 15 is 0 Å². The van der Waals surface area contributed by atoms with Crippen molar-refractivity contribution in [1.29, 1.82) is 0 Å². The molecule has 0 saturated heterocycles. The lowest BCUT2D eigenvalue weighted by Crippen LogP contribution is -2.30. The van der Waals surface area contributed by atoms with E-state index in [9.17, 15) is 0 Å². The summed E-state index contributed by atoms with van der Waals surface area (Å²) in [6, 6.07) is 0.370. The molecule has 1 saturated carbocycles. The Balaban J connectivity index is 1.81. The van der Waals surface area contributed by atoms with Crippen molar-refractivity contribution < 1.29 is 19.3 Å². The molecule has 0 heterocycles. The van der Waals surface area contributed by atoms with Gasteiger partial charge in [0.05, 0.1) is 45.7 Å². The van der Waals surface area contributed by atoms with Crippen molar-refractivity contribution in [3.8, 4) is 0 Å². The second-order valence-corrected chi connectivity index (χ2v) is 4.36. The first-order valence-electron chi connectivity index (χ1n) is 6.46. The Morgan fingerprint density at radius 1 is 0.882 bits per heavy atom. The minimum atomic E-state index is 0.0624. The van der Waals surface area contributed by atoms with Crippen molar-refractivity contribution in [2.75, 3.05) is 39.6 Å². The van der Waals surface area contributed by atoms with Crippen LogP contribution in [0.25, 0.3) is 0 Å². The molecule has 1 rings (SSSR count). The van der Waals surface area contributed by atoms with Gasteiger partial charge in [-0.2, -0.15) is 0 Å². The maximum absolute atomic E-state index is 8.48. The van der Waals surface area contributed by atoms with Gasteiger partial charge in [0.15, 0.2) is 0 Å². The molecule has 1 aliphatic carbocycles. The molecular weight excluding hydrogens is 222 g/mol. The normalized spacial score (nSPS) is 25.1. The van der Waals surface area contributed by atoms with Gasteiger partial charge >= 0.3 is 0 Å². The molecule has 0 aromatic rings. The van der Waals surface area contributed by atoms with Crippen molar-refractivity contribution in [2.45, 2.75) is 37.8 Å². The maximum Gasteiger partial charge on any atom is 0.0704 e. The lowest BCUT2D eigenvalue weighted by atomic mass is 9.94. The van der Waals surface area contributed by atoms with E-state index in [2.05, 4.69) is 0 Å². The lowest BCUT2D eigenvalue weighted by molar-refractivity contribution is -0.0253. The zero-order valence-electron chi connectivity index (χ0n) is 10.5. The molecule has 0 aromatic heterocycles. The van der Waals surface area contributed by atoms with Crippen molar-refractivity contribution >= 4 is 0 Å². The molecule has 5 heteroatoms. The molecule has 0 bridgehead atoms. The number of aliphatic hydroxyl groups excluding tert-OH is 1. The summed E-state index contributed by atoms with van der Waals surface area (Å²) in [5.74, 6) is 0. The third-order valence-corrected chi connectivity index (χ3v) is 2.91. The predicted molar refractivity (Wildman–Crippen MR) is 64.9 cm³/mol. The standard InChI is InChI=1S/C12H25NO4/c13-11-1-3-12(4-2-11)17-10-9-16-8-7-15-6-5-14/h11-12,14H,1-10,13H2. The van der Waals surface area contributed by atoms with E-state index in [4.69, 9.17) is 25.1 Å². The third kappa shape index (κ3) is 7.68. The molecule has 3 N–H and O–H groups in total. The van der Waals surface area contributed by atoms with Crippen molar-refractivity contribution in [2.24, 2.45) is 5.73 Å². The fourth-order valence-electron chi connectivity index (χ4n) is 1.92. The van der Waals surface area contributed by atoms with Crippen LogP contribution in [0.2, 0.25) is 0 Å². The minimum Gasteiger partial charge on any atom is -0.394 e. The zero-order valence-corrected chi connectivity index (χ0v) is 10.5. The highest BCUT2D eigenvalue weighted by Gasteiger charge is 2.18. The van der Waals surface area contributed by atoms with Crippen LogP contribution < -0.4 is 5.73 Å². The van der Waals surface area contributed by atoms with Gasteiger partial charge in [-0.3, -0.25) is 0 Å². The van der Waals surface area contributed by atoms with E-state index in [1.807, 2.05) is 0 Å². The van der Waals surface area contributed by atoms with Crippen LogP contribution >= 0.6 is 0 Å². The van der Waals surface area contributed by atoms with E-state index < -0.39 is 0 Å². The quantitative estimate of drug-likeness (QED) is 0.573. The zero-order chi connectivity index (χ0) is 12.3. The van der Waals surface area contributed by atoms with E-state index in [-0.39, 0.29) is 6.61 Å². The van der Waals surface area contributed by atoms with Crippen LogP contribution in [-0.2, 0) is 14.2 Å². The van der Waals surface area contributed by atoms with Crippen LogP contribution in [-0.4, -0.2) is 56.9 Å². The first-order valence-corrected chi connectivity index (χ1v) is 6.46. The van der Waals surface area contributed by atoms with Gasteiger partial charge in [-0.15, -0.1) is 0 Å². The summed E-state index contributed by atoms with van der Waals surface area (Å²) in [4.78, 5) is 0. The molecule has 0 unspecified atom stereocenters. The maximum atomic E-state index is 8.48. The van der Waals surface area contributed by atoms with Gasteiger partial charge in [-0.1, -0.05) is 0 Å². The summed E-state index contributed by atoms with van der Waals surface area (Å²) in [5, 5.41) is 8.48. The summed E-state index contributed by atoms with van der Waals surface area (Å²) in [5.41, 5.74) is 5.82. The first-order chi connectivity index (χ1) is 8.33. The van der Waals surface area contributed by atoms with Gasteiger partial charge in [-0.05, 0) is 25.7 Å². The number of hydrogen-bond donors (Lipinski definition) is 2. The van der Waals surface area contributed by atoms with Gasteiger partial charge in [-0.25, -0.2) is 0 Å². The summed E-state index contributed by atoms with van der Waals surface area (Å²) >= 11 is 0. The average molecular weight is 247 g/mol. The third-order valence-electron chi connectivity index (χ3n) is 2.91. The topological polar surface area (TPSA) is 73.9 Å². The molecule has 1 fully saturated rings. The molecule has 17 heavy (non-hydrogen) atoms. The van der Waals surface area contributed by atoms with Crippen LogP contribution in [0.5, 0.6) is 0 Å². The highest BCUT2D eigenvalue weighted by Crippen LogP contribution is 2.19. The summed E-state index contributed by atoms with van der Waals surface area (Å²) in [6.45, 7) is 2.76. The van der Waals surface area contributed by atoms with Crippen LogP contribution in [0.4, 0.5) is 0 Å². The Bertz CT molecular complexity index is 172. The van der Waals surface area contributed by atoms with Gasteiger partial charge in [0.2, 0.25) is 0 Å². The van der Waals surface area contributed by atoms with Crippen LogP contribution in [0.3, 0.4) is 0 Å². The Morgan fingerprint density at radius 2 is 1.47 bits per heavy atom. The highest BCUT2D eigenvalue weighted by atomic mass is 16.5. The summed E-state index contributed by atoms with van der Waals surface area (Å²) < 4.78 is 16.1. The summed E-state index contributed by atoms with van der Waals surface area (Å²) in [6.07, 6.45) is 4.65. The number of hydrogen-bond acceptors (Lipinski definition) is 5. The Labute approximate surface area is 103 Å². The largest absolute Gasteiger partial charge is 0.394 e. The molecule has 0 radical (unpaired) electrons. The second kappa shape index (κ2) is 9.79. The molecular formula is C12H25NO4. The molecule has 0 atom stereocenters. The Morgan fingerprint density at radius 3 is 2.12 bits per heavy atom. The SMILES string of the molecule is NC1CCC(OCCOCCOCCO)CC1. The summed E-state index contributed by atoms with van der Waals surface area (Å²) in [7, 11) is 0. The monoisotopic (exact) mass is 247 g/mol. The van der Waals surface area contributed by atoms with Gasteiger partial charge < -0.3 is 25.1 Å². The Kier molecular flexibility index (Phi) is 8.56. The molecule has 0 aliphatic heterocycles. The smallest absolute Gasteiger partial charge is 0.0704 e. The van der Waals surface area contributed by atoms with Crippen LogP contribution in [0.15, 0.2) is 0 Å². The van der Waals surface area contributed by atoms with Crippen LogP contribution in [0.1, 0.15) is 25.7 Å². The molecule has 1 aliphatic rings. The van der Waals surface area contributed by atoms with E-state index in [1.165, 1.54) is 0 Å². The molecule has 5 nitrogen and oxygen atoms in total. The van der Waals surface area contributed by atoms with Gasteiger partial charge in [0.1, 0.15) is 0 Å². The first kappa shape index (κ1) is 14.9.